The Hall–Kier alpha value is -3.83. The summed E-state index contributed by atoms with van der Waals surface area (Å²) in [5.41, 5.74) is 3.08. The van der Waals surface area contributed by atoms with Crippen molar-refractivity contribution in [2.75, 3.05) is 24.6 Å². The van der Waals surface area contributed by atoms with Crippen LogP contribution in [0.15, 0.2) is 24.4 Å². The average molecular weight is 540 g/mol. The highest BCUT2D eigenvalue weighted by atomic mass is 19.3. The van der Waals surface area contributed by atoms with Gasteiger partial charge in [-0.15, -0.1) is 5.10 Å². The minimum atomic E-state index is -2.69. The molecule has 3 aromatic rings. The van der Waals surface area contributed by atoms with E-state index < -0.39 is 17.6 Å². The maximum Gasteiger partial charge on any atom is 0.306 e. The lowest BCUT2D eigenvalue weighted by atomic mass is 9.79. The van der Waals surface area contributed by atoms with E-state index in [1.165, 1.54) is 10.9 Å². The summed E-state index contributed by atoms with van der Waals surface area (Å²) < 4.78 is 33.2. The molecule has 2 fully saturated rings. The highest BCUT2D eigenvalue weighted by Gasteiger charge is 2.46. The molecular weight excluding hydrogens is 508 g/mol. The van der Waals surface area contributed by atoms with Crippen LogP contribution in [0, 0.1) is 12.8 Å². The molecule has 2 aliphatic rings. The molecule has 206 valence electrons. The predicted molar refractivity (Wildman–Crippen MR) is 138 cm³/mol. The third kappa shape index (κ3) is 5.64. The molecule has 1 aliphatic heterocycles. The summed E-state index contributed by atoms with van der Waals surface area (Å²) in [6.07, 6.45) is 3.18. The number of ether oxygens (including phenoxy) is 1. The smallest absolute Gasteiger partial charge is 0.306 e. The highest BCUT2D eigenvalue weighted by molar-refractivity contribution is 6.08. The number of ketones is 1. The van der Waals surface area contributed by atoms with Gasteiger partial charge >= 0.3 is 5.97 Å². The minimum Gasteiger partial charge on any atom is -0.466 e. The number of halogens is 2. The number of aryl methyl sites for hydroxylation is 2. The number of aromatic nitrogens is 6. The maximum atomic E-state index is 13.5. The molecule has 0 amide bonds. The maximum absolute atomic E-state index is 13.5. The lowest BCUT2D eigenvalue weighted by Gasteiger charge is -2.34. The van der Waals surface area contributed by atoms with Crippen LogP contribution in [0.4, 0.5) is 14.5 Å². The van der Waals surface area contributed by atoms with Gasteiger partial charge in [-0.1, -0.05) is 5.21 Å². The number of nitrogens with zero attached hydrogens (tertiary/aromatic N) is 7. The number of carbonyl (C=O) groups excluding carboxylic acids is 2. The Labute approximate surface area is 224 Å². The Morgan fingerprint density at radius 2 is 1.97 bits per heavy atom. The molecule has 0 aromatic carbocycles. The first-order valence-corrected chi connectivity index (χ1v) is 13.2. The van der Waals surface area contributed by atoms with E-state index in [0.29, 0.717) is 30.1 Å². The molecule has 3 aromatic heterocycles. The van der Waals surface area contributed by atoms with Crippen molar-refractivity contribution in [3.8, 4) is 11.4 Å². The summed E-state index contributed by atoms with van der Waals surface area (Å²) in [7, 11) is 1.60. The molecule has 1 unspecified atom stereocenters. The van der Waals surface area contributed by atoms with Gasteiger partial charge in [0.25, 0.3) is 5.78 Å². The van der Waals surface area contributed by atoms with Crippen molar-refractivity contribution < 1.29 is 23.1 Å². The molecule has 10 nitrogen and oxygen atoms in total. The molecule has 39 heavy (non-hydrogen) atoms. The number of alkyl halides is 2. The van der Waals surface area contributed by atoms with E-state index in [2.05, 4.69) is 25.2 Å². The molecule has 1 saturated carbocycles. The van der Waals surface area contributed by atoms with Crippen LogP contribution in [0.5, 0.6) is 0 Å². The van der Waals surface area contributed by atoms with Crippen LogP contribution < -0.4 is 4.90 Å². The zero-order valence-corrected chi connectivity index (χ0v) is 22.2. The van der Waals surface area contributed by atoms with Crippen LogP contribution in [0.2, 0.25) is 0 Å². The SMILES string of the molecule is CCOC(=O)CC1CCCN(c2ccc(-c3nnn(C)c3C(=O)c3nccc(C4CC(F)(F)C4)n3)nc2C)C1. The summed E-state index contributed by atoms with van der Waals surface area (Å²) in [5, 5.41) is 8.23. The molecular formula is C27H31F2N7O3. The van der Waals surface area contributed by atoms with Crippen LogP contribution in [0.25, 0.3) is 11.4 Å². The first-order chi connectivity index (χ1) is 18.6. The molecule has 4 heterocycles. The van der Waals surface area contributed by atoms with Crippen molar-refractivity contribution in [1.29, 1.82) is 0 Å². The number of hydrogen-bond donors (Lipinski definition) is 0. The van der Waals surface area contributed by atoms with Crippen LogP contribution in [-0.2, 0) is 16.6 Å². The zero-order chi connectivity index (χ0) is 27.7. The molecule has 0 spiro atoms. The van der Waals surface area contributed by atoms with Gasteiger partial charge in [-0.05, 0) is 50.8 Å². The monoisotopic (exact) mass is 539 g/mol. The van der Waals surface area contributed by atoms with Gasteiger partial charge in [-0.25, -0.2) is 28.4 Å². The number of piperidine rings is 1. The Bertz CT molecular complexity index is 1390. The number of esters is 1. The Kier molecular flexibility index (Phi) is 7.37. The van der Waals surface area contributed by atoms with Crippen molar-refractivity contribution in [3.63, 3.8) is 0 Å². The van der Waals surface area contributed by atoms with E-state index in [1.807, 2.05) is 13.0 Å². The van der Waals surface area contributed by atoms with Crippen molar-refractivity contribution in [1.82, 2.24) is 29.9 Å². The number of anilines is 1. The van der Waals surface area contributed by atoms with Gasteiger partial charge < -0.3 is 9.64 Å². The normalized spacial score (nSPS) is 19.0. The van der Waals surface area contributed by atoms with Crippen LogP contribution in [0.3, 0.4) is 0 Å². The lowest BCUT2D eigenvalue weighted by Crippen LogP contribution is -2.37. The van der Waals surface area contributed by atoms with Gasteiger partial charge in [0.1, 0.15) is 11.4 Å². The second-order valence-corrected chi connectivity index (χ2v) is 10.3. The van der Waals surface area contributed by atoms with E-state index in [-0.39, 0.29) is 36.2 Å². The topological polar surface area (TPSA) is 116 Å². The Morgan fingerprint density at radius 3 is 2.69 bits per heavy atom. The van der Waals surface area contributed by atoms with Gasteiger partial charge in [0, 0.05) is 50.8 Å². The fraction of sp³-hybridized carbons (Fsp3) is 0.519. The average Bonchev–Trinajstić information content (AvgIpc) is 3.28. The molecule has 5 rings (SSSR count). The van der Waals surface area contributed by atoms with E-state index in [4.69, 9.17) is 9.72 Å². The molecule has 0 N–H and O–H groups in total. The molecule has 0 radical (unpaired) electrons. The van der Waals surface area contributed by atoms with Gasteiger partial charge in [0.2, 0.25) is 11.7 Å². The Morgan fingerprint density at radius 1 is 1.18 bits per heavy atom. The van der Waals surface area contributed by atoms with Crippen molar-refractivity contribution in [2.24, 2.45) is 13.0 Å². The molecule has 1 aliphatic carbocycles. The van der Waals surface area contributed by atoms with E-state index in [1.54, 1.807) is 26.1 Å². The summed E-state index contributed by atoms with van der Waals surface area (Å²) in [6, 6.07) is 5.31. The van der Waals surface area contributed by atoms with Gasteiger partial charge in [0.05, 0.1) is 30.1 Å². The largest absolute Gasteiger partial charge is 0.466 e. The van der Waals surface area contributed by atoms with Crippen molar-refractivity contribution >= 4 is 17.4 Å². The van der Waals surface area contributed by atoms with Crippen molar-refractivity contribution in [3.05, 3.63) is 47.3 Å². The van der Waals surface area contributed by atoms with Crippen LogP contribution in [0.1, 0.15) is 72.6 Å². The quantitative estimate of drug-likeness (QED) is 0.310. The second-order valence-electron chi connectivity index (χ2n) is 10.3. The fourth-order valence-corrected chi connectivity index (χ4v) is 5.40. The van der Waals surface area contributed by atoms with E-state index >= 15 is 0 Å². The minimum absolute atomic E-state index is 0.0938. The first-order valence-electron chi connectivity index (χ1n) is 13.2. The summed E-state index contributed by atoms with van der Waals surface area (Å²) in [4.78, 5) is 40.8. The number of rotatable bonds is 8. The number of carbonyl (C=O) groups is 2. The molecule has 12 heteroatoms. The van der Waals surface area contributed by atoms with Gasteiger partial charge in [0.15, 0.2) is 0 Å². The van der Waals surface area contributed by atoms with Crippen molar-refractivity contribution in [2.45, 2.75) is 57.8 Å². The number of pyridine rings is 1. The zero-order valence-electron chi connectivity index (χ0n) is 22.2. The van der Waals surface area contributed by atoms with Gasteiger partial charge in [-0.2, -0.15) is 0 Å². The summed E-state index contributed by atoms with van der Waals surface area (Å²) in [5.74, 6) is -3.65. The van der Waals surface area contributed by atoms with E-state index in [9.17, 15) is 18.4 Å². The third-order valence-corrected chi connectivity index (χ3v) is 7.35. The summed E-state index contributed by atoms with van der Waals surface area (Å²) >= 11 is 0. The highest BCUT2D eigenvalue weighted by Crippen LogP contribution is 2.47. The standard InChI is InChI=1S/C27H31F2N7O3/c1-4-39-22(37)12-17-6-5-11-36(15-17)21-8-7-20(31-16(21)2)23-24(35(3)34-33-23)25(38)26-30-10-9-19(32-26)18-13-27(28,29)14-18/h7-10,17-18H,4-6,11-15H2,1-3H3. The Balaban J connectivity index is 1.36. The number of hydrogen-bond acceptors (Lipinski definition) is 9. The first kappa shape index (κ1) is 26.8. The molecule has 0 bridgehead atoms. The van der Waals surface area contributed by atoms with Crippen LogP contribution in [-0.4, -0.2) is 67.3 Å². The second kappa shape index (κ2) is 10.7. The van der Waals surface area contributed by atoms with Gasteiger partial charge in [-0.3, -0.25) is 9.59 Å². The molecule has 1 atom stereocenters. The fourth-order valence-electron chi connectivity index (χ4n) is 5.40. The van der Waals surface area contributed by atoms with E-state index in [0.717, 1.165) is 37.3 Å². The van der Waals surface area contributed by atoms with Crippen LogP contribution >= 0.6 is 0 Å². The molecule has 1 saturated heterocycles. The lowest BCUT2D eigenvalue weighted by molar-refractivity contribution is -0.144. The summed E-state index contributed by atoms with van der Waals surface area (Å²) in [6.45, 7) is 5.67. The third-order valence-electron chi connectivity index (χ3n) is 7.35. The predicted octanol–water partition coefficient (Wildman–Crippen LogP) is 3.89.